The van der Waals surface area contributed by atoms with Crippen LogP contribution in [0, 0.1) is 5.92 Å². The maximum absolute atomic E-state index is 12.8. The molecule has 2 aliphatic rings. The fraction of sp³-hybridized carbons (Fsp3) is 0.500. The predicted molar refractivity (Wildman–Crippen MR) is 90.4 cm³/mol. The normalized spacial score (nSPS) is 20.8. The third-order valence-electron chi connectivity index (χ3n) is 4.78. The van der Waals surface area contributed by atoms with E-state index in [0.29, 0.717) is 31.5 Å². The lowest BCUT2D eigenvalue weighted by Gasteiger charge is -2.32. The average Bonchev–Trinajstić information content (AvgIpc) is 2.73. The molecule has 24 heavy (non-hydrogen) atoms. The minimum Gasteiger partial charge on any atom is -0.370 e. The molecule has 1 aromatic rings. The maximum atomic E-state index is 12.8. The van der Waals surface area contributed by atoms with E-state index in [9.17, 15) is 14.4 Å². The van der Waals surface area contributed by atoms with Gasteiger partial charge in [0.1, 0.15) is 0 Å². The van der Waals surface area contributed by atoms with Crippen LogP contribution in [0.1, 0.15) is 48.0 Å². The Morgan fingerprint density at radius 1 is 1.25 bits per heavy atom. The maximum Gasteiger partial charge on any atom is 0.253 e. The first-order valence-corrected chi connectivity index (χ1v) is 8.53. The molecule has 2 aliphatic heterocycles. The summed E-state index contributed by atoms with van der Waals surface area (Å²) >= 11 is 0. The SMILES string of the molecule is NC(=O)CC1CCCN(C(=O)c2ccc3c(c2)NC(=O)CCC3)C1. The van der Waals surface area contributed by atoms with Crippen LogP contribution in [0.15, 0.2) is 18.2 Å². The van der Waals surface area contributed by atoms with Gasteiger partial charge in [0.15, 0.2) is 0 Å². The lowest BCUT2D eigenvalue weighted by atomic mass is 9.94. The number of nitrogens with one attached hydrogen (secondary N) is 1. The number of fused-ring (bicyclic) bond motifs is 1. The molecule has 6 heteroatoms. The van der Waals surface area contributed by atoms with Crippen molar-refractivity contribution in [1.29, 1.82) is 0 Å². The lowest BCUT2D eigenvalue weighted by Crippen LogP contribution is -2.41. The number of benzene rings is 1. The number of nitrogens with two attached hydrogens (primary N) is 1. The van der Waals surface area contributed by atoms with Gasteiger partial charge < -0.3 is 16.0 Å². The monoisotopic (exact) mass is 329 g/mol. The molecule has 1 saturated heterocycles. The molecule has 1 fully saturated rings. The minimum atomic E-state index is -0.318. The third-order valence-corrected chi connectivity index (χ3v) is 4.78. The zero-order valence-electron chi connectivity index (χ0n) is 13.7. The fourth-order valence-electron chi connectivity index (χ4n) is 3.58. The summed E-state index contributed by atoms with van der Waals surface area (Å²) in [6.45, 7) is 1.25. The summed E-state index contributed by atoms with van der Waals surface area (Å²) in [4.78, 5) is 37.4. The van der Waals surface area contributed by atoms with Gasteiger partial charge in [-0.3, -0.25) is 14.4 Å². The van der Waals surface area contributed by atoms with Crippen molar-refractivity contribution in [2.75, 3.05) is 18.4 Å². The lowest BCUT2D eigenvalue weighted by molar-refractivity contribution is -0.119. The highest BCUT2D eigenvalue weighted by molar-refractivity contribution is 5.98. The zero-order valence-corrected chi connectivity index (χ0v) is 13.7. The predicted octanol–water partition coefficient (Wildman–Crippen LogP) is 1.69. The Kier molecular flexibility index (Phi) is 4.83. The Balaban J connectivity index is 1.75. The number of carbonyl (C=O) groups is 3. The van der Waals surface area contributed by atoms with Gasteiger partial charge in [-0.1, -0.05) is 6.07 Å². The molecule has 0 aliphatic carbocycles. The zero-order chi connectivity index (χ0) is 17.1. The summed E-state index contributed by atoms with van der Waals surface area (Å²) in [6, 6.07) is 5.54. The van der Waals surface area contributed by atoms with Gasteiger partial charge in [-0.2, -0.15) is 0 Å². The molecule has 3 N–H and O–H groups in total. The van der Waals surface area contributed by atoms with Crippen LogP contribution in [0.3, 0.4) is 0 Å². The molecule has 0 saturated carbocycles. The molecule has 1 unspecified atom stereocenters. The number of hydrogen-bond donors (Lipinski definition) is 2. The number of nitrogens with zero attached hydrogens (tertiary/aromatic N) is 1. The van der Waals surface area contributed by atoms with Crippen molar-refractivity contribution in [1.82, 2.24) is 4.90 Å². The van der Waals surface area contributed by atoms with Crippen LogP contribution in [0.4, 0.5) is 5.69 Å². The summed E-state index contributed by atoms with van der Waals surface area (Å²) in [6.07, 6.45) is 4.31. The molecule has 6 nitrogen and oxygen atoms in total. The summed E-state index contributed by atoms with van der Waals surface area (Å²) in [5.41, 5.74) is 7.67. The quantitative estimate of drug-likeness (QED) is 0.884. The van der Waals surface area contributed by atoms with Gasteiger partial charge in [0.2, 0.25) is 11.8 Å². The Bertz CT molecular complexity index is 671. The van der Waals surface area contributed by atoms with E-state index in [1.165, 1.54) is 0 Å². The first kappa shape index (κ1) is 16.5. The van der Waals surface area contributed by atoms with Crippen LogP contribution >= 0.6 is 0 Å². The van der Waals surface area contributed by atoms with Gasteiger partial charge in [-0.15, -0.1) is 0 Å². The summed E-state index contributed by atoms with van der Waals surface area (Å²) in [5, 5.41) is 2.88. The number of rotatable bonds is 3. The first-order valence-electron chi connectivity index (χ1n) is 8.53. The van der Waals surface area contributed by atoms with Gasteiger partial charge in [0.25, 0.3) is 5.91 Å². The number of piperidine rings is 1. The van der Waals surface area contributed by atoms with E-state index in [-0.39, 0.29) is 23.6 Å². The average molecular weight is 329 g/mol. The number of primary amides is 1. The molecule has 1 atom stereocenters. The summed E-state index contributed by atoms with van der Waals surface area (Å²) in [5.74, 6) is -0.230. The van der Waals surface area contributed by atoms with Gasteiger partial charge in [0, 0.05) is 37.2 Å². The standard InChI is InChI=1S/C18H23N3O3/c19-16(22)9-12-3-2-8-21(11-12)18(24)14-7-6-13-4-1-5-17(23)20-15(13)10-14/h6-7,10,12H,1-5,8-9,11H2,(H2,19,22)(H,20,23). The minimum absolute atomic E-state index is 0.00200. The van der Waals surface area contributed by atoms with Crippen molar-refractivity contribution in [3.05, 3.63) is 29.3 Å². The number of aryl methyl sites for hydroxylation is 1. The molecule has 3 rings (SSSR count). The molecule has 128 valence electrons. The molecule has 0 aromatic heterocycles. The highest BCUT2D eigenvalue weighted by Gasteiger charge is 2.26. The van der Waals surface area contributed by atoms with Crippen molar-refractivity contribution in [3.63, 3.8) is 0 Å². The third kappa shape index (κ3) is 3.75. The second-order valence-corrected chi connectivity index (χ2v) is 6.70. The van der Waals surface area contributed by atoms with Gasteiger partial charge in [-0.05, 0) is 49.3 Å². The molecule has 0 radical (unpaired) electrons. The van der Waals surface area contributed by atoms with Crippen LogP contribution in [0.2, 0.25) is 0 Å². The van der Waals surface area contributed by atoms with Crippen LogP contribution < -0.4 is 11.1 Å². The van der Waals surface area contributed by atoms with E-state index in [0.717, 1.165) is 36.9 Å². The van der Waals surface area contributed by atoms with E-state index in [2.05, 4.69) is 5.32 Å². The Hall–Kier alpha value is -2.37. The van der Waals surface area contributed by atoms with Crippen molar-refractivity contribution in [2.45, 2.75) is 38.5 Å². The Labute approximate surface area is 141 Å². The van der Waals surface area contributed by atoms with Crippen molar-refractivity contribution in [2.24, 2.45) is 11.7 Å². The fourth-order valence-corrected chi connectivity index (χ4v) is 3.58. The molecular weight excluding hydrogens is 306 g/mol. The summed E-state index contributed by atoms with van der Waals surface area (Å²) < 4.78 is 0. The molecule has 1 aromatic carbocycles. The van der Waals surface area contributed by atoms with Crippen LogP contribution in [0.25, 0.3) is 0 Å². The van der Waals surface area contributed by atoms with E-state index < -0.39 is 0 Å². The number of amides is 3. The number of hydrogen-bond acceptors (Lipinski definition) is 3. The van der Waals surface area contributed by atoms with E-state index in [1.54, 1.807) is 11.0 Å². The van der Waals surface area contributed by atoms with Crippen LogP contribution in [0.5, 0.6) is 0 Å². The highest BCUT2D eigenvalue weighted by atomic mass is 16.2. The number of likely N-dealkylation sites (tertiary alicyclic amines) is 1. The molecular formula is C18H23N3O3. The van der Waals surface area contributed by atoms with Crippen LogP contribution in [-0.2, 0) is 16.0 Å². The topological polar surface area (TPSA) is 92.5 Å². The number of carbonyl (C=O) groups excluding carboxylic acids is 3. The van der Waals surface area contributed by atoms with Gasteiger partial charge in [-0.25, -0.2) is 0 Å². The van der Waals surface area contributed by atoms with E-state index >= 15 is 0 Å². The molecule has 0 spiro atoms. The first-order chi connectivity index (χ1) is 11.5. The highest BCUT2D eigenvalue weighted by Crippen LogP contribution is 2.26. The van der Waals surface area contributed by atoms with Crippen molar-refractivity contribution in [3.8, 4) is 0 Å². The smallest absolute Gasteiger partial charge is 0.253 e. The van der Waals surface area contributed by atoms with E-state index in [4.69, 9.17) is 5.73 Å². The van der Waals surface area contributed by atoms with Gasteiger partial charge in [0.05, 0.1) is 0 Å². The molecule has 2 heterocycles. The van der Waals surface area contributed by atoms with Gasteiger partial charge >= 0.3 is 0 Å². The summed E-state index contributed by atoms with van der Waals surface area (Å²) in [7, 11) is 0. The van der Waals surface area contributed by atoms with E-state index in [1.807, 2.05) is 12.1 Å². The number of anilines is 1. The van der Waals surface area contributed by atoms with Crippen LogP contribution in [-0.4, -0.2) is 35.7 Å². The molecule has 3 amide bonds. The largest absolute Gasteiger partial charge is 0.370 e. The Morgan fingerprint density at radius 2 is 2.08 bits per heavy atom. The second kappa shape index (κ2) is 7.03. The molecule has 0 bridgehead atoms. The Morgan fingerprint density at radius 3 is 2.88 bits per heavy atom. The van der Waals surface area contributed by atoms with Crippen molar-refractivity contribution < 1.29 is 14.4 Å². The van der Waals surface area contributed by atoms with Crippen molar-refractivity contribution >= 4 is 23.4 Å². The second-order valence-electron chi connectivity index (χ2n) is 6.70.